The zero-order valence-corrected chi connectivity index (χ0v) is 10.2. The average Bonchev–Trinajstić information content (AvgIpc) is 2.29. The van der Waals surface area contributed by atoms with Gasteiger partial charge in [-0.25, -0.2) is 0 Å². The summed E-state index contributed by atoms with van der Waals surface area (Å²) in [6, 6.07) is 10.1. The molecule has 2 N–H and O–H groups in total. The van der Waals surface area contributed by atoms with Crippen molar-refractivity contribution in [1.29, 1.82) is 0 Å². The van der Waals surface area contributed by atoms with E-state index in [0.29, 0.717) is 5.92 Å². The zero-order chi connectivity index (χ0) is 12.1. The van der Waals surface area contributed by atoms with Crippen molar-refractivity contribution in [3.63, 3.8) is 0 Å². The Kier molecular flexibility index (Phi) is 4.50. The van der Waals surface area contributed by atoms with Gasteiger partial charge in [0.2, 0.25) is 5.91 Å². The van der Waals surface area contributed by atoms with Gasteiger partial charge in [-0.05, 0) is 11.5 Å². The summed E-state index contributed by atoms with van der Waals surface area (Å²) in [4.78, 5) is 13.4. The zero-order valence-electron chi connectivity index (χ0n) is 10.2. The Hall–Kier alpha value is -1.35. The molecule has 3 nitrogen and oxygen atoms in total. The first kappa shape index (κ1) is 12.7. The smallest absolute Gasteiger partial charge is 0.236 e. The molecule has 0 radical (unpaired) electrons. The lowest BCUT2D eigenvalue weighted by molar-refractivity contribution is -0.131. The third-order valence-electron chi connectivity index (χ3n) is 2.76. The van der Waals surface area contributed by atoms with Gasteiger partial charge in [0.15, 0.2) is 0 Å². The van der Waals surface area contributed by atoms with E-state index in [2.05, 4.69) is 13.8 Å². The molecule has 0 aliphatic heterocycles. The molecule has 88 valence electrons. The Labute approximate surface area is 97.2 Å². The highest BCUT2D eigenvalue weighted by atomic mass is 16.2. The largest absolute Gasteiger partial charge is 0.337 e. The third-order valence-corrected chi connectivity index (χ3v) is 2.76. The minimum absolute atomic E-state index is 0.0254. The maximum atomic E-state index is 11.6. The fraction of sp³-hybridized carbons (Fsp3) is 0.462. The lowest BCUT2D eigenvalue weighted by Gasteiger charge is -2.31. The van der Waals surface area contributed by atoms with Crippen molar-refractivity contribution in [2.24, 2.45) is 11.7 Å². The molecule has 0 heterocycles. The van der Waals surface area contributed by atoms with Crippen molar-refractivity contribution in [3.8, 4) is 0 Å². The molecule has 0 aromatic heterocycles. The number of carbonyl (C=O) groups excluding carboxylic acids is 1. The van der Waals surface area contributed by atoms with E-state index in [1.54, 1.807) is 4.90 Å². The summed E-state index contributed by atoms with van der Waals surface area (Å²) >= 11 is 0. The summed E-state index contributed by atoms with van der Waals surface area (Å²) in [6.45, 7) is 4.28. The van der Waals surface area contributed by atoms with Gasteiger partial charge in [-0.1, -0.05) is 44.2 Å². The summed E-state index contributed by atoms with van der Waals surface area (Å²) in [7, 11) is 1.81. The highest BCUT2D eigenvalue weighted by Crippen LogP contribution is 2.26. The predicted octanol–water partition coefficient (Wildman–Crippen LogP) is 1.80. The van der Waals surface area contributed by atoms with Crippen LogP contribution in [0, 0.1) is 5.92 Å². The number of hydrogen-bond donors (Lipinski definition) is 1. The van der Waals surface area contributed by atoms with Gasteiger partial charge in [-0.3, -0.25) is 4.79 Å². The number of carbonyl (C=O) groups is 1. The van der Waals surface area contributed by atoms with Gasteiger partial charge in [0.1, 0.15) is 0 Å². The monoisotopic (exact) mass is 220 g/mol. The van der Waals surface area contributed by atoms with Crippen LogP contribution in [0.3, 0.4) is 0 Å². The molecule has 0 spiro atoms. The van der Waals surface area contributed by atoms with Gasteiger partial charge in [-0.15, -0.1) is 0 Å². The lowest BCUT2D eigenvalue weighted by atomic mass is 9.95. The average molecular weight is 220 g/mol. The van der Waals surface area contributed by atoms with Crippen LogP contribution in [0.2, 0.25) is 0 Å². The number of hydrogen-bond acceptors (Lipinski definition) is 2. The highest BCUT2D eigenvalue weighted by molar-refractivity contribution is 5.78. The lowest BCUT2D eigenvalue weighted by Crippen LogP contribution is -2.37. The van der Waals surface area contributed by atoms with Crippen LogP contribution in [0.4, 0.5) is 0 Å². The number of nitrogens with two attached hydrogens (primary N) is 1. The van der Waals surface area contributed by atoms with E-state index >= 15 is 0 Å². The molecule has 1 amide bonds. The van der Waals surface area contributed by atoms with Crippen LogP contribution in [-0.2, 0) is 4.79 Å². The van der Waals surface area contributed by atoms with Crippen molar-refractivity contribution in [2.45, 2.75) is 19.9 Å². The molecule has 0 saturated carbocycles. The Morgan fingerprint density at radius 1 is 1.31 bits per heavy atom. The van der Waals surface area contributed by atoms with Crippen LogP contribution in [-0.4, -0.2) is 24.4 Å². The molecule has 1 atom stereocenters. The fourth-order valence-corrected chi connectivity index (χ4v) is 2.01. The summed E-state index contributed by atoms with van der Waals surface area (Å²) in [5, 5.41) is 0. The number of benzene rings is 1. The molecule has 0 aliphatic carbocycles. The van der Waals surface area contributed by atoms with Crippen molar-refractivity contribution in [2.75, 3.05) is 13.6 Å². The van der Waals surface area contributed by atoms with E-state index in [9.17, 15) is 4.79 Å². The Bertz CT molecular complexity index is 335. The maximum absolute atomic E-state index is 11.6. The molecule has 0 bridgehead atoms. The van der Waals surface area contributed by atoms with E-state index in [4.69, 9.17) is 5.73 Å². The molecule has 1 aromatic rings. The standard InChI is InChI=1S/C13H20N2O/c1-10(2)13(15(3)12(16)9-14)11-7-5-4-6-8-11/h4-8,10,13H,9,14H2,1-3H3. The summed E-state index contributed by atoms with van der Waals surface area (Å²) < 4.78 is 0. The predicted molar refractivity (Wildman–Crippen MR) is 65.8 cm³/mol. The molecule has 1 rings (SSSR count). The molecule has 1 unspecified atom stereocenters. The first-order valence-corrected chi connectivity index (χ1v) is 5.58. The Morgan fingerprint density at radius 3 is 2.31 bits per heavy atom. The second kappa shape index (κ2) is 5.66. The van der Waals surface area contributed by atoms with Crippen molar-refractivity contribution in [1.82, 2.24) is 4.90 Å². The molecule has 0 fully saturated rings. The first-order chi connectivity index (χ1) is 7.57. The van der Waals surface area contributed by atoms with Crippen molar-refractivity contribution < 1.29 is 4.79 Å². The van der Waals surface area contributed by atoms with Crippen LogP contribution in [0.15, 0.2) is 30.3 Å². The summed E-state index contributed by atoms with van der Waals surface area (Å²) in [6.07, 6.45) is 0. The third kappa shape index (κ3) is 2.83. The number of nitrogens with zero attached hydrogens (tertiary/aromatic N) is 1. The van der Waals surface area contributed by atoms with E-state index in [-0.39, 0.29) is 18.5 Å². The van der Waals surface area contributed by atoms with Crippen LogP contribution in [0.5, 0.6) is 0 Å². The minimum Gasteiger partial charge on any atom is -0.337 e. The number of rotatable bonds is 4. The van der Waals surface area contributed by atoms with E-state index in [1.807, 2.05) is 37.4 Å². The van der Waals surface area contributed by atoms with Crippen LogP contribution < -0.4 is 5.73 Å². The Morgan fingerprint density at radius 2 is 1.88 bits per heavy atom. The summed E-state index contributed by atoms with van der Waals surface area (Å²) in [5.74, 6) is 0.338. The van der Waals surface area contributed by atoms with Gasteiger partial charge in [0.05, 0.1) is 12.6 Å². The number of amides is 1. The van der Waals surface area contributed by atoms with E-state index < -0.39 is 0 Å². The SMILES string of the molecule is CC(C)C(c1ccccc1)N(C)C(=O)CN. The van der Waals surface area contributed by atoms with Crippen molar-refractivity contribution in [3.05, 3.63) is 35.9 Å². The van der Waals surface area contributed by atoms with Gasteiger partial charge >= 0.3 is 0 Å². The van der Waals surface area contributed by atoms with Crippen molar-refractivity contribution >= 4 is 5.91 Å². The molecule has 1 aromatic carbocycles. The van der Waals surface area contributed by atoms with E-state index in [0.717, 1.165) is 5.56 Å². The Balaban J connectivity index is 2.96. The van der Waals surface area contributed by atoms with E-state index in [1.165, 1.54) is 0 Å². The molecule has 3 heteroatoms. The van der Waals surface area contributed by atoms with Gasteiger partial charge in [-0.2, -0.15) is 0 Å². The highest BCUT2D eigenvalue weighted by Gasteiger charge is 2.23. The molecular weight excluding hydrogens is 200 g/mol. The molecule has 0 aliphatic rings. The normalized spacial score (nSPS) is 12.6. The molecule has 16 heavy (non-hydrogen) atoms. The van der Waals surface area contributed by atoms with Crippen LogP contribution >= 0.6 is 0 Å². The number of likely N-dealkylation sites (N-methyl/N-ethyl adjacent to an activating group) is 1. The summed E-state index contributed by atoms with van der Waals surface area (Å²) in [5.41, 5.74) is 6.55. The fourth-order valence-electron chi connectivity index (χ4n) is 2.01. The van der Waals surface area contributed by atoms with Crippen LogP contribution in [0.1, 0.15) is 25.5 Å². The van der Waals surface area contributed by atoms with Gasteiger partial charge in [0.25, 0.3) is 0 Å². The van der Waals surface area contributed by atoms with Crippen LogP contribution in [0.25, 0.3) is 0 Å². The maximum Gasteiger partial charge on any atom is 0.236 e. The minimum atomic E-state index is -0.0254. The second-order valence-electron chi connectivity index (χ2n) is 4.31. The molecule has 0 saturated heterocycles. The quantitative estimate of drug-likeness (QED) is 0.841. The molecular formula is C13H20N2O. The first-order valence-electron chi connectivity index (χ1n) is 5.58. The van der Waals surface area contributed by atoms with Gasteiger partial charge < -0.3 is 10.6 Å². The topological polar surface area (TPSA) is 46.3 Å². The van der Waals surface area contributed by atoms with Gasteiger partial charge in [0, 0.05) is 7.05 Å². The second-order valence-corrected chi connectivity index (χ2v) is 4.31.